The molecular formula is C16H16N6O3S2. The van der Waals surface area contributed by atoms with Gasteiger partial charge in [0.1, 0.15) is 0 Å². The molecule has 0 bridgehead atoms. The largest absolute Gasteiger partial charge is 0.696 e. The molecule has 0 unspecified atom stereocenters. The van der Waals surface area contributed by atoms with Crippen molar-refractivity contribution in [2.75, 3.05) is 0 Å². The van der Waals surface area contributed by atoms with Crippen molar-refractivity contribution in [1.82, 2.24) is 0 Å². The number of nitrogens with zero attached hydrogens (tertiary/aromatic N) is 6. The van der Waals surface area contributed by atoms with Gasteiger partial charge in [0.2, 0.25) is 0 Å². The highest BCUT2D eigenvalue weighted by atomic mass is 32.1. The van der Waals surface area contributed by atoms with Crippen molar-refractivity contribution < 1.29 is 24.3 Å². The van der Waals surface area contributed by atoms with Gasteiger partial charge in [-0.25, -0.2) is 10.5 Å². The van der Waals surface area contributed by atoms with Crippen LogP contribution in [0.1, 0.15) is 11.1 Å². The fourth-order valence-electron chi connectivity index (χ4n) is 1.67. The van der Waals surface area contributed by atoms with Crippen LogP contribution in [0.25, 0.3) is 0 Å². The summed E-state index contributed by atoms with van der Waals surface area (Å²) in [6.07, 6.45) is 10.1. The molecule has 0 saturated carbocycles. The molecule has 2 N–H and O–H groups in total. The molecule has 2 aromatic heterocycles. The van der Waals surface area contributed by atoms with E-state index in [9.17, 15) is 0 Å². The quantitative estimate of drug-likeness (QED) is 0.179. The Morgan fingerprint density at radius 2 is 1.15 bits per heavy atom. The summed E-state index contributed by atoms with van der Waals surface area (Å²) >= 11 is 7.40. The standard InChI is InChI=1S/C14H14N4O3.2CHNS/c19-15-9-13-1-5-17(6-2-13)11-21-12-18-7-3-14(4-8-18)10-16-20;2*2-1-3/h1-10H,11-12H2;2*3H. The summed E-state index contributed by atoms with van der Waals surface area (Å²) in [6.45, 7) is 0.812. The Labute approximate surface area is 167 Å². The van der Waals surface area contributed by atoms with Crippen LogP contribution >= 0.6 is 0 Å². The molecule has 0 aliphatic heterocycles. The SMILES string of the molecule is N#C[S-].N#C[S-].ON=Cc1cc[n+](COC[n+]2ccc(C=NO)cc2)cc1. The molecule has 11 heteroatoms. The Balaban J connectivity index is 0.000000997. The topological polar surface area (TPSA) is 130 Å². The lowest BCUT2D eigenvalue weighted by Crippen LogP contribution is -2.40. The highest BCUT2D eigenvalue weighted by Gasteiger charge is 2.04. The van der Waals surface area contributed by atoms with Gasteiger partial charge in [0.25, 0.3) is 13.5 Å². The highest BCUT2D eigenvalue weighted by molar-refractivity contribution is 7.64. The van der Waals surface area contributed by atoms with Crippen molar-refractivity contribution in [2.24, 2.45) is 10.3 Å². The van der Waals surface area contributed by atoms with E-state index in [2.05, 4.69) is 35.6 Å². The van der Waals surface area contributed by atoms with Crippen LogP contribution in [0.15, 0.2) is 59.4 Å². The summed E-state index contributed by atoms with van der Waals surface area (Å²) in [5.74, 6) is 0. The third-order valence-electron chi connectivity index (χ3n) is 2.73. The molecule has 0 spiro atoms. The lowest BCUT2D eigenvalue weighted by atomic mass is 10.3. The molecule has 0 saturated heterocycles. The Kier molecular flexibility index (Phi) is 14.1. The first-order valence-electron chi connectivity index (χ1n) is 7.08. The number of aromatic nitrogens is 2. The summed E-state index contributed by atoms with van der Waals surface area (Å²) in [7, 11) is 0. The van der Waals surface area contributed by atoms with Gasteiger partial charge in [0, 0.05) is 35.4 Å². The molecule has 9 nitrogen and oxygen atoms in total. The first-order valence-corrected chi connectivity index (χ1v) is 7.90. The molecular weight excluding hydrogens is 388 g/mol. The van der Waals surface area contributed by atoms with Gasteiger partial charge in [-0.1, -0.05) is 21.1 Å². The Hall–Kier alpha value is -3.38. The Bertz CT molecular complexity index is 716. The average molecular weight is 404 g/mol. The lowest BCUT2D eigenvalue weighted by Gasteiger charge is -1.98. The lowest BCUT2D eigenvalue weighted by molar-refractivity contribution is -0.788. The number of hydrogen-bond donors (Lipinski definition) is 2. The number of oxime groups is 2. The smallest absolute Gasteiger partial charge is 0.257 e. The summed E-state index contributed by atoms with van der Waals surface area (Å²) in [4.78, 5) is 0. The van der Waals surface area contributed by atoms with Gasteiger partial charge in [-0.3, -0.25) is 4.74 Å². The number of thiocyanates is 2. The van der Waals surface area contributed by atoms with Gasteiger partial charge in [-0.2, -0.15) is 9.13 Å². The van der Waals surface area contributed by atoms with Gasteiger partial charge in [-0.15, -0.1) is 0 Å². The molecule has 0 radical (unpaired) electrons. The third kappa shape index (κ3) is 11.7. The maximum absolute atomic E-state index is 8.42. The fraction of sp³-hybridized carbons (Fsp3) is 0.125. The van der Waals surface area contributed by atoms with Crippen LogP contribution in [0.4, 0.5) is 0 Å². The summed E-state index contributed by atoms with van der Waals surface area (Å²) in [5, 5.41) is 39.7. The van der Waals surface area contributed by atoms with Crippen molar-refractivity contribution in [3.05, 3.63) is 60.2 Å². The van der Waals surface area contributed by atoms with E-state index in [1.54, 1.807) is 0 Å². The molecule has 0 atom stereocenters. The number of hydrogen-bond acceptors (Lipinski definition) is 9. The molecule has 0 fully saturated rings. The van der Waals surface area contributed by atoms with Crippen molar-refractivity contribution in [3.8, 4) is 10.8 Å². The van der Waals surface area contributed by atoms with E-state index >= 15 is 0 Å². The van der Waals surface area contributed by atoms with E-state index in [-0.39, 0.29) is 0 Å². The zero-order valence-electron chi connectivity index (χ0n) is 14.0. The second kappa shape index (κ2) is 16.1. The van der Waals surface area contributed by atoms with Crippen LogP contribution in [0.2, 0.25) is 0 Å². The van der Waals surface area contributed by atoms with Crippen molar-refractivity contribution in [3.63, 3.8) is 0 Å². The molecule has 2 heterocycles. The predicted octanol–water partition coefficient (Wildman–Crippen LogP) is 0.538. The predicted molar refractivity (Wildman–Crippen MR) is 99.1 cm³/mol. The van der Waals surface area contributed by atoms with E-state index in [1.807, 2.05) is 58.2 Å². The van der Waals surface area contributed by atoms with E-state index < -0.39 is 0 Å². The van der Waals surface area contributed by atoms with Crippen LogP contribution in [0.3, 0.4) is 0 Å². The zero-order valence-corrected chi connectivity index (χ0v) is 15.6. The summed E-state index contributed by atoms with van der Waals surface area (Å²) in [6, 6.07) is 7.27. The minimum absolute atomic E-state index is 0.406. The van der Waals surface area contributed by atoms with Crippen LogP contribution in [0, 0.1) is 21.3 Å². The first-order chi connectivity index (χ1) is 13.1. The molecule has 0 amide bonds. The zero-order chi connectivity index (χ0) is 20.3. The number of rotatable bonds is 6. The van der Waals surface area contributed by atoms with Gasteiger partial charge < -0.3 is 35.7 Å². The number of ether oxygens (including phenoxy) is 1. The second-order valence-corrected chi connectivity index (χ2v) is 4.79. The van der Waals surface area contributed by atoms with Crippen LogP contribution in [-0.2, 0) is 43.5 Å². The minimum Gasteiger partial charge on any atom is -0.696 e. The summed E-state index contributed by atoms with van der Waals surface area (Å²) in [5.41, 5.74) is 1.62. The monoisotopic (exact) mass is 404 g/mol. The van der Waals surface area contributed by atoms with E-state index in [1.165, 1.54) is 23.2 Å². The highest BCUT2D eigenvalue weighted by Crippen LogP contribution is 1.91. The third-order valence-corrected chi connectivity index (χ3v) is 2.73. The van der Waals surface area contributed by atoms with Gasteiger partial charge >= 0.3 is 0 Å². The van der Waals surface area contributed by atoms with E-state index in [4.69, 9.17) is 25.7 Å². The number of pyridine rings is 2. The molecule has 0 aliphatic rings. The Morgan fingerprint density at radius 3 is 1.41 bits per heavy atom. The van der Waals surface area contributed by atoms with Crippen molar-refractivity contribution >= 4 is 37.7 Å². The molecule has 0 aliphatic carbocycles. The van der Waals surface area contributed by atoms with Crippen LogP contribution in [0.5, 0.6) is 0 Å². The minimum atomic E-state index is 0.406. The molecule has 140 valence electrons. The van der Waals surface area contributed by atoms with Gasteiger partial charge in [0.05, 0.1) is 12.4 Å². The maximum atomic E-state index is 8.42. The van der Waals surface area contributed by atoms with Gasteiger partial charge in [0.15, 0.2) is 24.8 Å². The summed E-state index contributed by atoms with van der Waals surface area (Å²) < 4.78 is 9.29. The average Bonchev–Trinajstić information content (AvgIpc) is 2.66. The molecule has 2 aromatic rings. The van der Waals surface area contributed by atoms with Gasteiger partial charge in [-0.05, 0) is 0 Å². The molecule has 0 aromatic carbocycles. The normalized spacial score (nSPS) is 9.41. The molecule has 2 rings (SSSR count). The maximum Gasteiger partial charge on any atom is 0.257 e. The van der Waals surface area contributed by atoms with Crippen LogP contribution < -0.4 is 9.13 Å². The second-order valence-electron chi connectivity index (χ2n) is 4.43. The van der Waals surface area contributed by atoms with E-state index in [0.29, 0.717) is 13.5 Å². The van der Waals surface area contributed by atoms with Crippen molar-refractivity contribution in [2.45, 2.75) is 13.5 Å². The van der Waals surface area contributed by atoms with Crippen molar-refractivity contribution in [1.29, 1.82) is 10.5 Å². The fourth-order valence-corrected chi connectivity index (χ4v) is 1.67. The first kappa shape index (κ1) is 23.6. The van der Waals surface area contributed by atoms with E-state index in [0.717, 1.165) is 11.1 Å². The molecule has 27 heavy (non-hydrogen) atoms. The van der Waals surface area contributed by atoms with Crippen LogP contribution in [-0.4, -0.2) is 22.8 Å². The Morgan fingerprint density at radius 1 is 0.852 bits per heavy atom. The number of nitriles is 2.